The Morgan fingerprint density at radius 3 is 2.70 bits per heavy atom. The molecule has 0 radical (unpaired) electrons. The summed E-state index contributed by atoms with van der Waals surface area (Å²) in [6, 6.07) is 1.71. The second-order valence-electron chi connectivity index (χ2n) is 6.11. The van der Waals surface area contributed by atoms with Crippen LogP contribution in [0.1, 0.15) is 62.5 Å². The molecule has 3 nitrogen and oxygen atoms in total. The minimum atomic E-state index is -0.147. The fraction of sp³-hybridized carbons (Fsp3) is 0.625. The number of rotatable bonds is 7. The lowest BCUT2D eigenvalue weighted by Crippen LogP contribution is -2.34. The van der Waals surface area contributed by atoms with E-state index in [0.717, 1.165) is 12.1 Å². The van der Waals surface area contributed by atoms with E-state index in [-0.39, 0.29) is 11.3 Å². The first-order valence-electron chi connectivity index (χ1n) is 7.26. The van der Waals surface area contributed by atoms with Crippen LogP contribution in [-0.4, -0.2) is 17.4 Å². The number of hydrogen-bond acceptors (Lipinski definition) is 2. The summed E-state index contributed by atoms with van der Waals surface area (Å²) in [5.41, 5.74) is 1.36. The number of nitrogens with zero attached hydrogens (tertiary/aromatic N) is 1. The number of pyridine rings is 1. The topological polar surface area (TPSA) is 42.0 Å². The lowest BCUT2D eigenvalue weighted by atomic mass is 9.87. The van der Waals surface area contributed by atoms with E-state index in [4.69, 9.17) is 11.6 Å². The van der Waals surface area contributed by atoms with Crippen molar-refractivity contribution in [3.05, 3.63) is 28.5 Å². The number of aryl methyl sites for hydroxylation is 1. The molecular weight excluding hydrogens is 272 g/mol. The van der Waals surface area contributed by atoms with Crippen molar-refractivity contribution in [2.24, 2.45) is 5.41 Å². The lowest BCUT2D eigenvalue weighted by molar-refractivity contribution is 0.0934. The van der Waals surface area contributed by atoms with Gasteiger partial charge in [-0.1, -0.05) is 51.6 Å². The molecule has 1 aromatic heterocycles. The molecule has 112 valence electrons. The predicted molar refractivity (Wildman–Crippen MR) is 84.2 cm³/mol. The van der Waals surface area contributed by atoms with Gasteiger partial charge in [-0.2, -0.15) is 0 Å². The minimum absolute atomic E-state index is 0.107. The van der Waals surface area contributed by atoms with Crippen LogP contribution in [0.3, 0.4) is 0 Å². The summed E-state index contributed by atoms with van der Waals surface area (Å²) in [5.74, 6) is -0.147. The van der Waals surface area contributed by atoms with Gasteiger partial charge in [-0.25, -0.2) is 0 Å². The van der Waals surface area contributed by atoms with Crippen LogP contribution in [0.5, 0.6) is 0 Å². The van der Waals surface area contributed by atoms with E-state index in [1.807, 2.05) is 6.92 Å². The molecule has 0 bridgehead atoms. The van der Waals surface area contributed by atoms with Gasteiger partial charge < -0.3 is 5.32 Å². The number of halogens is 1. The van der Waals surface area contributed by atoms with Crippen molar-refractivity contribution in [2.45, 2.75) is 53.4 Å². The average molecular weight is 297 g/mol. The number of hydrogen-bond donors (Lipinski definition) is 1. The van der Waals surface area contributed by atoms with Crippen molar-refractivity contribution in [1.29, 1.82) is 0 Å². The Hall–Kier alpha value is -1.09. The molecule has 0 unspecified atom stereocenters. The third kappa shape index (κ3) is 5.49. The summed E-state index contributed by atoms with van der Waals surface area (Å²) in [5, 5.41) is 3.42. The van der Waals surface area contributed by atoms with Gasteiger partial charge in [0.15, 0.2) is 0 Å². The van der Waals surface area contributed by atoms with Gasteiger partial charge in [-0.05, 0) is 24.8 Å². The van der Waals surface area contributed by atoms with Crippen molar-refractivity contribution in [1.82, 2.24) is 10.3 Å². The molecule has 1 N–H and O–H groups in total. The Bertz CT molecular complexity index is 458. The average Bonchev–Trinajstić information content (AvgIpc) is 2.36. The van der Waals surface area contributed by atoms with Gasteiger partial charge in [0, 0.05) is 18.4 Å². The van der Waals surface area contributed by atoms with Crippen LogP contribution in [0.2, 0.25) is 5.02 Å². The smallest absolute Gasteiger partial charge is 0.254 e. The number of nitrogens with one attached hydrogen (secondary N) is 1. The van der Waals surface area contributed by atoms with E-state index >= 15 is 0 Å². The molecule has 1 amide bonds. The Morgan fingerprint density at radius 1 is 1.40 bits per heavy atom. The van der Waals surface area contributed by atoms with E-state index in [9.17, 15) is 4.79 Å². The van der Waals surface area contributed by atoms with Crippen LogP contribution in [-0.2, 0) is 0 Å². The van der Waals surface area contributed by atoms with Crippen molar-refractivity contribution in [3.63, 3.8) is 0 Å². The van der Waals surface area contributed by atoms with E-state index < -0.39 is 0 Å². The summed E-state index contributed by atoms with van der Waals surface area (Å²) in [6.07, 6.45) is 6.31. The Morgan fingerprint density at radius 2 is 2.10 bits per heavy atom. The quantitative estimate of drug-likeness (QED) is 0.759. The second-order valence-corrected chi connectivity index (χ2v) is 6.52. The summed E-state index contributed by atoms with van der Waals surface area (Å²) < 4.78 is 0. The molecule has 1 aromatic rings. The van der Waals surface area contributed by atoms with E-state index in [2.05, 4.69) is 31.1 Å². The van der Waals surface area contributed by atoms with Crippen LogP contribution in [0.15, 0.2) is 12.3 Å². The number of carbonyl (C=O) groups is 1. The predicted octanol–water partition coefficient (Wildman–Crippen LogP) is 4.38. The normalized spacial score (nSPS) is 11.4. The first-order valence-corrected chi connectivity index (χ1v) is 7.64. The Labute approximate surface area is 127 Å². The van der Waals surface area contributed by atoms with Gasteiger partial charge in [0.1, 0.15) is 0 Å². The summed E-state index contributed by atoms with van der Waals surface area (Å²) in [4.78, 5) is 16.2. The van der Waals surface area contributed by atoms with Crippen LogP contribution in [0.25, 0.3) is 0 Å². The monoisotopic (exact) mass is 296 g/mol. The fourth-order valence-corrected chi connectivity index (χ4v) is 2.34. The zero-order valence-corrected chi connectivity index (χ0v) is 13.7. The first-order chi connectivity index (χ1) is 9.35. The van der Waals surface area contributed by atoms with Crippen LogP contribution in [0, 0.1) is 12.3 Å². The molecule has 1 heterocycles. The maximum atomic E-state index is 12.1. The maximum Gasteiger partial charge on any atom is 0.254 e. The lowest BCUT2D eigenvalue weighted by Gasteiger charge is -2.25. The van der Waals surface area contributed by atoms with E-state index in [1.165, 1.54) is 25.5 Å². The molecule has 0 aliphatic heterocycles. The van der Waals surface area contributed by atoms with Crippen LogP contribution in [0.4, 0.5) is 0 Å². The highest BCUT2D eigenvalue weighted by Crippen LogP contribution is 2.23. The largest absolute Gasteiger partial charge is 0.351 e. The van der Waals surface area contributed by atoms with Gasteiger partial charge in [0.2, 0.25) is 0 Å². The van der Waals surface area contributed by atoms with Crippen LogP contribution < -0.4 is 5.32 Å². The van der Waals surface area contributed by atoms with Gasteiger partial charge in [-0.3, -0.25) is 9.78 Å². The fourth-order valence-electron chi connectivity index (χ4n) is 2.05. The molecule has 4 heteroatoms. The Kier molecular flexibility index (Phi) is 6.47. The minimum Gasteiger partial charge on any atom is -0.351 e. The number of amides is 1. The summed E-state index contributed by atoms with van der Waals surface area (Å²) in [7, 11) is 0. The highest BCUT2D eigenvalue weighted by molar-refractivity contribution is 6.33. The van der Waals surface area contributed by atoms with E-state index in [0.29, 0.717) is 17.1 Å². The maximum absolute atomic E-state index is 12.1. The number of aromatic nitrogens is 1. The number of unbranched alkanes of at least 4 members (excludes halogenated alkanes) is 2. The number of carbonyl (C=O) groups excluding carboxylic acids is 1. The summed E-state index contributed by atoms with van der Waals surface area (Å²) in [6.45, 7) is 9.06. The molecule has 0 aliphatic rings. The molecule has 1 rings (SSSR count). The molecular formula is C16H25ClN2O. The molecule has 20 heavy (non-hydrogen) atoms. The molecule has 0 saturated heterocycles. The van der Waals surface area contributed by atoms with E-state index in [1.54, 1.807) is 6.07 Å². The van der Waals surface area contributed by atoms with Crippen molar-refractivity contribution in [2.75, 3.05) is 6.54 Å². The van der Waals surface area contributed by atoms with Crippen molar-refractivity contribution in [3.8, 4) is 0 Å². The second kappa shape index (κ2) is 7.63. The zero-order valence-electron chi connectivity index (χ0n) is 12.9. The highest BCUT2D eigenvalue weighted by atomic mass is 35.5. The van der Waals surface area contributed by atoms with Gasteiger partial charge in [0.05, 0.1) is 10.6 Å². The Balaban J connectivity index is 2.54. The van der Waals surface area contributed by atoms with Crippen molar-refractivity contribution < 1.29 is 4.79 Å². The third-order valence-corrected chi connectivity index (χ3v) is 3.73. The third-order valence-electron chi connectivity index (χ3n) is 3.42. The zero-order chi connectivity index (χ0) is 15.2. The molecule has 0 atom stereocenters. The van der Waals surface area contributed by atoms with Gasteiger partial charge >= 0.3 is 0 Å². The molecule has 0 aromatic carbocycles. The molecule has 0 aliphatic carbocycles. The summed E-state index contributed by atoms with van der Waals surface area (Å²) >= 11 is 6.08. The highest BCUT2D eigenvalue weighted by Gasteiger charge is 2.19. The van der Waals surface area contributed by atoms with Gasteiger partial charge in [-0.15, -0.1) is 0 Å². The SMILES string of the molecule is CCCCCC(C)(C)CNC(=O)c1cnc(C)cc1Cl. The molecule has 0 fully saturated rings. The van der Waals surface area contributed by atoms with Crippen molar-refractivity contribution >= 4 is 17.5 Å². The first kappa shape index (κ1) is 17.0. The molecule has 0 saturated carbocycles. The molecule has 0 spiro atoms. The van der Waals surface area contributed by atoms with Gasteiger partial charge in [0.25, 0.3) is 5.91 Å². The van der Waals surface area contributed by atoms with Crippen LogP contribution >= 0.6 is 11.6 Å². The standard InChI is InChI=1S/C16H25ClN2O/c1-5-6-7-8-16(3,4)11-19-15(20)13-10-18-12(2)9-14(13)17/h9-10H,5-8,11H2,1-4H3,(H,19,20).